The number of hydrogen-bond acceptors (Lipinski definition) is 5. The van der Waals surface area contributed by atoms with Crippen LogP contribution in [0.4, 0.5) is 28.9 Å². The lowest BCUT2D eigenvalue weighted by atomic mass is 10.1. The summed E-state index contributed by atoms with van der Waals surface area (Å²) in [4.78, 5) is 18.5. The average Bonchev–Trinajstić information content (AvgIpc) is 3.31. The van der Waals surface area contributed by atoms with E-state index < -0.39 is 27.6 Å². The van der Waals surface area contributed by atoms with Gasteiger partial charge in [0.1, 0.15) is 5.82 Å². The molecule has 2 heterocycles. The summed E-state index contributed by atoms with van der Waals surface area (Å²) in [7, 11) is -4.01. The molecule has 0 unspecified atom stereocenters. The van der Waals surface area contributed by atoms with Crippen LogP contribution in [0.15, 0.2) is 41.3 Å². The van der Waals surface area contributed by atoms with Crippen molar-refractivity contribution in [2.45, 2.75) is 23.9 Å². The first-order chi connectivity index (χ1) is 15.9. The van der Waals surface area contributed by atoms with E-state index in [1.807, 2.05) is 4.90 Å². The maximum Gasteiger partial charge on any atom is 0.419 e. The second-order valence-electron chi connectivity index (χ2n) is 8.36. The number of halogens is 4. The lowest BCUT2D eigenvalue weighted by molar-refractivity contribution is -0.139. The number of nitrogens with two attached hydrogens (primary N) is 1. The van der Waals surface area contributed by atoms with E-state index in [1.165, 1.54) is 18.2 Å². The summed E-state index contributed by atoms with van der Waals surface area (Å²) in [5, 5.41) is 5.27. The predicted molar refractivity (Wildman–Crippen MR) is 119 cm³/mol. The number of anilines is 2. The van der Waals surface area contributed by atoms with Gasteiger partial charge in [-0.15, -0.1) is 0 Å². The van der Waals surface area contributed by atoms with Crippen LogP contribution in [-0.2, 0) is 16.2 Å². The van der Waals surface area contributed by atoms with E-state index in [0.717, 1.165) is 32.0 Å². The first-order valence-corrected chi connectivity index (χ1v) is 12.3. The van der Waals surface area contributed by atoms with Gasteiger partial charge in [-0.05, 0) is 49.2 Å². The molecule has 0 aromatic heterocycles. The molecular weight excluding hydrogens is 476 g/mol. The highest BCUT2D eigenvalue weighted by molar-refractivity contribution is 7.89. The van der Waals surface area contributed by atoms with Gasteiger partial charge in [0, 0.05) is 50.6 Å². The Labute approximate surface area is 194 Å². The van der Waals surface area contributed by atoms with Crippen LogP contribution in [0.5, 0.6) is 0 Å². The van der Waals surface area contributed by atoms with Crippen LogP contribution in [0.25, 0.3) is 0 Å². The van der Waals surface area contributed by atoms with Gasteiger partial charge >= 0.3 is 6.18 Å². The molecule has 0 spiro atoms. The number of amides is 1. The number of hydrogen-bond donors (Lipinski definition) is 1. The van der Waals surface area contributed by atoms with Crippen molar-refractivity contribution in [3.63, 3.8) is 0 Å². The summed E-state index contributed by atoms with van der Waals surface area (Å²) in [5.74, 6) is -1.70. The van der Waals surface area contributed by atoms with Gasteiger partial charge in [-0.25, -0.2) is 17.9 Å². The summed E-state index contributed by atoms with van der Waals surface area (Å²) in [5.41, 5.74) is -0.148. The molecule has 12 heteroatoms. The standard InChI is InChI=1S/C22H24F4N4O3S/c23-19-13-15(3-5-18(19)22(24,25)26)28-9-11-30(12-10-28)21(31)17-14-16(34(27,32)33)4-6-20(17)29-7-1-2-8-29/h3-6,13-14H,1-2,7-12H2,(H2,27,32,33). The van der Waals surface area contributed by atoms with Crippen molar-refractivity contribution in [1.29, 1.82) is 0 Å². The molecule has 2 aliphatic rings. The van der Waals surface area contributed by atoms with E-state index in [-0.39, 0.29) is 42.5 Å². The molecule has 0 bridgehead atoms. The van der Waals surface area contributed by atoms with Crippen LogP contribution in [-0.4, -0.2) is 58.5 Å². The van der Waals surface area contributed by atoms with Gasteiger partial charge < -0.3 is 14.7 Å². The van der Waals surface area contributed by atoms with Crippen LogP contribution in [0, 0.1) is 5.82 Å². The van der Waals surface area contributed by atoms with Crippen molar-refractivity contribution in [3.05, 3.63) is 53.3 Å². The summed E-state index contributed by atoms with van der Waals surface area (Å²) in [6, 6.07) is 7.05. The average molecular weight is 501 g/mol. The van der Waals surface area contributed by atoms with Crippen LogP contribution < -0.4 is 14.9 Å². The summed E-state index contributed by atoms with van der Waals surface area (Å²) >= 11 is 0. The lowest BCUT2D eigenvalue weighted by Crippen LogP contribution is -2.49. The number of sulfonamides is 1. The highest BCUT2D eigenvalue weighted by atomic mass is 32.2. The van der Waals surface area contributed by atoms with E-state index in [4.69, 9.17) is 5.14 Å². The number of alkyl halides is 3. The zero-order chi connectivity index (χ0) is 24.7. The molecule has 0 radical (unpaired) electrons. The molecule has 1 amide bonds. The number of piperazine rings is 1. The molecule has 7 nitrogen and oxygen atoms in total. The largest absolute Gasteiger partial charge is 0.419 e. The minimum absolute atomic E-state index is 0.155. The van der Waals surface area contributed by atoms with Gasteiger partial charge in [0.15, 0.2) is 0 Å². The van der Waals surface area contributed by atoms with Gasteiger partial charge in [0.05, 0.1) is 16.0 Å². The van der Waals surface area contributed by atoms with E-state index in [1.54, 1.807) is 15.9 Å². The molecule has 184 valence electrons. The molecule has 2 aromatic carbocycles. The number of nitrogens with zero attached hydrogens (tertiary/aromatic N) is 3. The number of carbonyl (C=O) groups is 1. The Morgan fingerprint density at radius 1 is 0.882 bits per heavy atom. The van der Waals surface area contributed by atoms with Crippen molar-refractivity contribution >= 4 is 27.3 Å². The van der Waals surface area contributed by atoms with Crippen LogP contribution in [0.2, 0.25) is 0 Å². The minimum Gasteiger partial charge on any atom is -0.371 e. The summed E-state index contributed by atoms with van der Waals surface area (Å²) < 4.78 is 76.2. The topological polar surface area (TPSA) is 86.9 Å². The molecule has 2 aliphatic heterocycles. The summed E-state index contributed by atoms with van der Waals surface area (Å²) in [6.07, 6.45) is -2.84. The van der Waals surface area contributed by atoms with E-state index in [0.29, 0.717) is 17.4 Å². The third kappa shape index (κ3) is 4.97. The minimum atomic E-state index is -4.77. The Bertz CT molecular complexity index is 1190. The first kappa shape index (κ1) is 24.3. The Balaban J connectivity index is 1.53. The Kier molecular flexibility index (Phi) is 6.47. The number of carbonyl (C=O) groups excluding carboxylic acids is 1. The molecule has 2 fully saturated rings. The quantitative estimate of drug-likeness (QED) is 0.653. The van der Waals surface area contributed by atoms with Gasteiger partial charge in [0.25, 0.3) is 5.91 Å². The fourth-order valence-corrected chi connectivity index (χ4v) is 4.91. The molecule has 2 aromatic rings. The number of benzene rings is 2. The molecule has 0 aliphatic carbocycles. The van der Waals surface area contributed by atoms with Crippen molar-refractivity contribution in [3.8, 4) is 0 Å². The lowest BCUT2D eigenvalue weighted by Gasteiger charge is -2.37. The van der Waals surface area contributed by atoms with Crippen molar-refractivity contribution < 1.29 is 30.8 Å². The first-order valence-electron chi connectivity index (χ1n) is 10.8. The van der Waals surface area contributed by atoms with Gasteiger partial charge in [-0.2, -0.15) is 13.2 Å². The van der Waals surface area contributed by atoms with Crippen LogP contribution in [0.1, 0.15) is 28.8 Å². The normalized spacial score (nSPS) is 17.4. The van der Waals surface area contributed by atoms with Gasteiger partial charge in [0.2, 0.25) is 10.0 Å². The Morgan fingerprint density at radius 2 is 1.53 bits per heavy atom. The monoisotopic (exact) mass is 500 g/mol. The molecule has 2 saturated heterocycles. The molecular formula is C22H24F4N4O3S. The second-order valence-corrected chi connectivity index (χ2v) is 9.92. The van der Waals surface area contributed by atoms with E-state index in [9.17, 15) is 30.8 Å². The van der Waals surface area contributed by atoms with E-state index in [2.05, 4.69) is 0 Å². The number of primary sulfonamides is 1. The zero-order valence-corrected chi connectivity index (χ0v) is 19.0. The smallest absolute Gasteiger partial charge is 0.371 e. The maximum atomic E-state index is 14.0. The number of rotatable bonds is 4. The highest BCUT2D eigenvalue weighted by Crippen LogP contribution is 2.33. The third-order valence-corrected chi connectivity index (χ3v) is 7.07. The van der Waals surface area contributed by atoms with Crippen molar-refractivity contribution in [2.24, 2.45) is 5.14 Å². The van der Waals surface area contributed by atoms with Crippen LogP contribution >= 0.6 is 0 Å². The molecule has 4 rings (SSSR count). The predicted octanol–water partition coefficient (Wildman–Crippen LogP) is 3.05. The maximum absolute atomic E-state index is 14.0. The van der Waals surface area contributed by atoms with Crippen molar-refractivity contribution in [2.75, 3.05) is 49.1 Å². The summed E-state index contributed by atoms with van der Waals surface area (Å²) in [6.45, 7) is 2.54. The van der Waals surface area contributed by atoms with Crippen molar-refractivity contribution in [1.82, 2.24) is 4.90 Å². The fraction of sp³-hybridized carbons (Fsp3) is 0.409. The molecule has 0 atom stereocenters. The Morgan fingerprint density at radius 3 is 2.09 bits per heavy atom. The molecule has 34 heavy (non-hydrogen) atoms. The highest BCUT2D eigenvalue weighted by Gasteiger charge is 2.34. The molecule has 0 saturated carbocycles. The van der Waals surface area contributed by atoms with Crippen LogP contribution in [0.3, 0.4) is 0 Å². The van der Waals surface area contributed by atoms with Gasteiger partial charge in [-0.1, -0.05) is 0 Å². The second kappa shape index (κ2) is 9.06. The van der Waals surface area contributed by atoms with E-state index >= 15 is 0 Å². The van der Waals surface area contributed by atoms with Gasteiger partial charge in [-0.3, -0.25) is 4.79 Å². The molecule has 2 N–H and O–H groups in total. The SMILES string of the molecule is NS(=O)(=O)c1ccc(N2CCCC2)c(C(=O)N2CCN(c3ccc(C(F)(F)F)c(F)c3)CC2)c1. The third-order valence-electron chi connectivity index (χ3n) is 6.16. The zero-order valence-electron chi connectivity index (χ0n) is 18.2. The fourth-order valence-electron chi connectivity index (χ4n) is 4.37. The Hall–Kier alpha value is -2.86.